The molecule has 0 N–H and O–H groups in total. The van der Waals surface area contributed by atoms with E-state index in [0.717, 1.165) is 39.1 Å². The standard InChI is InChI=1S/C11H20ClNO2/c12-4-8-15-11-1-5-13(6-2-11)10-3-7-14-9-10/h10-11H,1-9H2. The first-order chi connectivity index (χ1) is 7.40. The first-order valence-corrected chi connectivity index (χ1v) is 6.43. The van der Waals surface area contributed by atoms with Gasteiger partial charge in [0.25, 0.3) is 0 Å². The lowest BCUT2D eigenvalue weighted by Crippen LogP contribution is -2.43. The van der Waals surface area contributed by atoms with Gasteiger partial charge in [-0.3, -0.25) is 4.90 Å². The number of piperidine rings is 1. The highest BCUT2D eigenvalue weighted by Gasteiger charge is 2.27. The second kappa shape index (κ2) is 6.04. The van der Waals surface area contributed by atoms with E-state index in [-0.39, 0.29) is 0 Å². The first kappa shape index (κ1) is 11.6. The average Bonchev–Trinajstić information content (AvgIpc) is 2.80. The normalized spacial score (nSPS) is 29.8. The number of ether oxygens (including phenoxy) is 2. The molecule has 2 rings (SSSR count). The highest BCUT2D eigenvalue weighted by atomic mass is 35.5. The van der Waals surface area contributed by atoms with Gasteiger partial charge in [-0.1, -0.05) is 0 Å². The minimum Gasteiger partial charge on any atom is -0.380 e. The third-order valence-corrected chi connectivity index (χ3v) is 3.48. The summed E-state index contributed by atoms with van der Waals surface area (Å²) >= 11 is 5.60. The predicted octanol–water partition coefficient (Wildman–Crippen LogP) is 1.50. The number of halogens is 1. The Balaban J connectivity index is 1.67. The van der Waals surface area contributed by atoms with Crippen LogP contribution in [0.5, 0.6) is 0 Å². The largest absolute Gasteiger partial charge is 0.380 e. The quantitative estimate of drug-likeness (QED) is 0.687. The van der Waals surface area contributed by atoms with E-state index in [0.29, 0.717) is 24.6 Å². The molecule has 0 amide bonds. The topological polar surface area (TPSA) is 21.7 Å². The minimum atomic E-state index is 0.433. The van der Waals surface area contributed by atoms with Crippen LogP contribution in [0.4, 0.5) is 0 Å². The maximum Gasteiger partial charge on any atom is 0.0622 e. The molecule has 0 saturated carbocycles. The molecule has 0 aliphatic carbocycles. The molecule has 2 heterocycles. The molecule has 1 atom stereocenters. The van der Waals surface area contributed by atoms with Crippen LogP contribution < -0.4 is 0 Å². The number of alkyl halides is 1. The van der Waals surface area contributed by atoms with Crippen LogP contribution in [-0.4, -0.2) is 55.8 Å². The summed E-state index contributed by atoms with van der Waals surface area (Å²) in [6, 6.07) is 0.666. The Bertz CT molecular complexity index is 177. The van der Waals surface area contributed by atoms with Crippen molar-refractivity contribution in [2.24, 2.45) is 0 Å². The molecule has 15 heavy (non-hydrogen) atoms. The van der Waals surface area contributed by atoms with E-state index in [1.165, 1.54) is 6.42 Å². The molecule has 0 spiro atoms. The summed E-state index contributed by atoms with van der Waals surface area (Å²) in [5.74, 6) is 0.608. The second-order valence-corrected chi connectivity index (χ2v) is 4.69. The van der Waals surface area contributed by atoms with Gasteiger partial charge < -0.3 is 9.47 Å². The summed E-state index contributed by atoms with van der Waals surface area (Å²) in [5, 5.41) is 0. The molecular formula is C11H20ClNO2. The Kier molecular flexibility index (Phi) is 4.69. The number of nitrogens with zero attached hydrogens (tertiary/aromatic N) is 1. The highest BCUT2D eigenvalue weighted by Crippen LogP contribution is 2.20. The van der Waals surface area contributed by atoms with Gasteiger partial charge in [0, 0.05) is 31.6 Å². The third-order valence-electron chi connectivity index (χ3n) is 3.33. The van der Waals surface area contributed by atoms with Crippen molar-refractivity contribution in [2.75, 3.05) is 38.8 Å². The zero-order chi connectivity index (χ0) is 10.5. The summed E-state index contributed by atoms with van der Waals surface area (Å²) in [6.07, 6.45) is 3.93. The van der Waals surface area contributed by atoms with Gasteiger partial charge in [-0.05, 0) is 19.3 Å². The molecule has 0 aromatic carbocycles. The van der Waals surface area contributed by atoms with E-state index in [1.807, 2.05) is 0 Å². The molecule has 3 nitrogen and oxygen atoms in total. The maximum atomic E-state index is 5.65. The zero-order valence-corrected chi connectivity index (χ0v) is 9.92. The fraction of sp³-hybridized carbons (Fsp3) is 1.00. The van der Waals surface area contributed by atoms with E-state index in [9.17, 15) is 0 Å². The van der Waals surface area contributed by atoms with Crippen molar-refractivity contribution in [2.45, 2.75) is 31.4 Å². The Hall–Kier alpha value is 0.170. The summed E-state index contributed by atoms with van der Waals surface area (Å²) in [5.41, 5.74) is 0. The molecule has 1 unspecified atom stereocenters. The highest BCUT2D eigenvalue weighted by molar-refractivity contribution is 6.17. The fourth-order valence-corrected chi connectivity index (χ4v) is 2.52. The van der Waals surface area contributed by atoms with Crippen molar-refractivity contribution < 1.29 is 9.47 Å². The minimum absolute atomic E-state index is 0.433. The van der Waals surface area contributed by atoms with E-state index >= 15 is 0 Å². The van der Waals surface area contributed by atoms with Crippen LogP contribution in [0.3, 0.4) is 0 Å². The second-order valence-electron chi connectivity index (χ2n) is 4.31. The van der Waals surface area contributed by atoms with Gasteiger partial charge in [0.2, 0.25) is 0 Å². The smallest absolute Gasteiger partial charge is 0.0622 e. The maximum absolute atomic E-state index is 5.65. The fourth-order valence-electron chi connectivity index (χ4n) is 2.43. The van der Waals surface area contributed by atoms with Crippen LogP contribution in [0.25, 0.3) is 0 Å². The summed E-state index contributed by atoms with van der Waals surface area (Å²) in [7, 11) is 0. The van der Waals surface area contributed by atoms with Crippen molar-refractivity contribution >= 4 is 11.6 Å². The molecule has 0 bridgehead atoms. The lowest BCUT2D eigenvalue weighted by molar-refractivity contribution is 0.00364. The van der Waals surface area contributed by atoms with Crippen LogP contribution in [0.1, 0.15) is 19.3 Å². The van der Waals surface area contributed by atoms with Gasteiger partial charge in [0.05, 0.1) is 19.3 Å². The van der Waals surface area contributed by atoms with Crippen molar-refractivity contribution in [1.82, 2.24) is 4.90 Å². The third kappa shape index (κ3) is 3.31. The lowest BCUT2D eigenvalue weighted by atomic mass is 10.1. The van der Waals surface area contributed by atoms with Crippen molar-refractivity contribution in [3.63, 3.8) is 0 Å². The van der Waals surface area contributed by atoms with E-state index < -0.39 is 0 Å². The lowest BCUT2D eigenvalue weighted by Gasteiger charge is -2.35. The Morgan fingerprint density at radius 3 is 2.67 bits per heavy atom. The van der Waals surface area contributed by atoms with Crippen LogP contribution in [-0.2, 0) is 9.47 Å². The number of hydrogen-bond donors (Lipinski definition) is 0. The summed E-state index contributed by atoms with van der Waals surface area (Å²) < 4.78 is 11.1. The van der Waals surface area contributed by atoms with Crippen LogP contribution in [0.2, 0.25) is 0 Å². The summed E-state index contributed by atoms with van der Waals surface area (Å²) in [6.45, 7) is 4.86. The zero-order valence-electron chi connectivity index (χ0n) is 9.16. The Labute approximate surface area is 96.7 Å². The number of likely N-dealkylation sites (tertiary alicyclic amines) is 1. The predicted molar refractivity (Wildman–Crippen MR) is 60.5 cm³/mol. The molecule has 2 aliphatic heterocycles. The van der Waals surface area contributed by atoms with E-state index in [1.54, 1.807) is 0 Å². The monoisotopic (exact) mass is 233 g/mol. The van der Waals surface area contributed by atoms with E-state index in [2.05, 4.69) is 4.90 Å². The van der Waals surface area contributed by atoms with Gasteiger partial charge in [0.1, 0.15) is 0 Å². The number of rotatable bonds is 4. The van der Waals surface area contributed by atoms with Crippen molar-refractivity contribution in [3.8, 4) is 0 Å². The van der Waals surface area contributed by atoms with Crippen molar-refractivity contribution in [1.29, 1.82) is 0 Å². The van der Waals surface area contributed by atoms with E-state index in [4.69, 9.17) is 21.1 Å². The van der Waals surface area contributed by atoms with Crippen LogP contribution >= 0.6 is 11.6 Å². The Morgan fingerprint density at radius 1 is 1.27 bits per heavy atom. The van der Waals surface area contributed by atoms with Crippen molar-refractivity contribution in [3.05, 3.63) is 0 Å². The Morgan fingerprint density at radius 2 is 2.07 bits per heavy atom. The molecule has 0 aromatic rings. The van der Waals surface area contributed by atoms with Gasteiger partial charge in [-0.25, -0.2) is 0 Å². The van der Waals surface area contributed by atoms with Crippen LogP contribution in [0.15, 0.2) is 0 Å². The van der Waals surface area contributed by atoms with Gasteiger partial charge in [-0.2, -0.15) is 0 Å². The molecule has 0 aromatic heterocycles. The van der Waals surface area contributed by atoms with Gasteiger partial charge in [0.15, 0.2) is 0 Å². The number of hydrogen-bond acceptors (Lipinski definition) is 3. The molecule has 2 saturated heterocycles. The van der Waals surface area contributed by atoms with Gasteiger partial charge >= 0.3 is 0 Å². The van der Waals surface area contributed by atoms with Crippen LogP contribution in [0, 0.1) is 0 Å². The SMILES string of the molecule is ClCCOC1CCN(C2CCOC2)CC1. The molecule has 2 fully saturated rings. The van der Waals surface area contributed by atoms with Gasteiger partial charge in [-0.15, -0.1) is 11.6 Å². The summed E-state index contributed by atoms with van der Waals surface area (Å²) in [4.78, 5) is 2.55. The average molecular weight is 234 g/mol. The molecular weight excluding hydrogens is 214 g/mol. The molecule has 2 aliphatic rings. The molecule has 0 radical (unpaired) electrons. The molecule has 4 heteroatoms. The first-order valence-electron chi connectivity index (χ1n) is 5.89. The molecule has 88 valence electrons.